The highest BCUT2D eigenvalue weighted by molar-refractivity contribution is 5.83. The number of rotatable bonds is 8. The van der Waals surface area contributed by atoms with Gasteiger partial charge in [0.15, 0.2) is 0 Å². The third-order valence-electron chi connectivity index (χ3n) is 9.00. The van der Waals surface area contributed by atoms with E-state index in [1.165, 1.54) is 16.7 Å². The van der Waals surface area contributed by atoms with Crippen LogP contribution in [0.2, 0.25) is 0 Å². The lowest BCUT2D eigenvalue weighted by molar-refractivity contribution is -0.192. The molecule has 11 heteroatoms. The van der Waals surface area contributed by atoms with Crippen molar-refractivity contribution < 1.29 is 44.3 Å². The molecule has 1 fully saturated rings. The largest absolute Gasteiger partial charge is 0.508 e. The number of carboxylic acids is 2. The molecule has 0 bridgehead atoms. The summed E-state index contributed by atoms with van der Waals surface area (Å²) in [6.07, 6.45) is -1.77. The zero-order valence-corrected chi connectivity index (χ0v) is 24.9. The van der Waals surface area contributed by atoms with E-state index in [0.717, 1.165) is 37.9 Å². The minimum Gasteiger partial charge on any atom is -0.508 e. The maximum absolute atomic E-state index is 13.1. The number of benzene rings is 3. The number of alkyl halides is 3. The van der Waals surface area contributed by atoms with Gasteiger partial charge in [0.05, 0.1) is 5.92 Å². The van der Waals surface area contributed by atoms with Gasteiger partial charge in [0.2, 0.25) is 5.91 Å². The maximum atomic E-state index is 13.1. The second kappa shape index (κ2) is 13.7. The number of aliphatic carboxylic acids is 2. The molecule has 1 saturated heterocycles. The smallest absolute Gasteiger partial charge is 0.490 e. The van der Waals surface area contributed by atoms with Gasteiger partial charge in [-0.2, -0.15) is 13.2 Å². The molecular formula is C34H39F3N2O6. The summed E-state index contributed by atoms with van der Waals surface area (Å²) >= 11 is 0. The van der Waals surface area contributed by atoms with Gasteiger partial charge in [-0.1, -0.05) is 73.7 Å². The van der Waals surface area contributed by atoms with Gasteiger partial charge in [-0.15, -0.1) is 0 Å². The number of aromatic hydroxyl groups is 1. The summed E-state index contributed by atoms with van der Waals surface area (Å²) in [6.45, 7) is 4.18. The van der Waals surface area contributed by atoms with E-state index in [4.69, 9.17) is 15.0 Å². The Morgan fingerprint density at radius 3 is 2.18 bits per heavy atom. The van der Waals surface area contributed by atoms with Crippen LogP contribution in [-0.4, -0.2) is 70.4 Å². The Bertz CT molecular complexity index is 1520. The van der Waals surface area contributed by atoms with E-state index in [9.17, 15) is 27.9 Å². The van der Waals surface area contributed by atoms with Gasteiger partial charge in [0, 0.05) is 19.9 Å². The molecule has 5 rings (SSSR count). The van der Waals surface area contributed by atoms with Crippen LogP contribution in [0.15, 0.2) is 78.9 Å². The fourth-order valence-electron chi connectivity index (χ4n) is 6.86. The number of hydrogen-bond donors (Lipinski definition) is 4. The molecule has 0 saturated carbocycles. The highest BCUT2D eigenvalue weighted by Gasteiger charge is 2.55. The zero-order valence-electron chi connectivity index (χ0n) is 24.9. The molecular weight excluding hydrogens is 589 g/mol. The number of hydrogen-bond acceptors (Lipinski definition) is 5. The minimum atomic E-state index is -5.08. The van der Waals surface area contributed by atoms with Crippen LogP contribution in [0, 0.1) is 11.3 Å². The number of phenols is 1. The normalized spacial score (nSPS) is 21.7. The van der Waals surface area contributed by atoms with Gasteiger partial charge >= 0.3 is 18.1 Å². The number of carbonyl (C=O) groups excluding carboxylic acids is 1. The Hall–Kier alpha value is -4.38. The highest BCUT2D eigenvalue weighted by atomic mass is 19.4. The zero-order chi connectivity index (χ0) is 32.8. The molecule has 0 spiro atoms. The lowest BCUT2D eigenvalue weighted by Gasteiger charge is -2.58. The second-order valence-electron chi connectivity index (χ2n) is 12.1. The molecule has 1 aliphatic heterocycles. The number of carboxylic acid groups (broad SMARTS) is 2. The number of nitrogens with zero attached hydrogens (tertiary/aromatic N) is 1. The van der Waals surface area contributed by atoms with Gasteiger partial charge < -0.3 is 25.5 Å². The summed E-state index contributed by atoms with van der Waals surface area (Å²) in [5.41, 5.74) is 4.74. The van der Waals surface area contributed by atoms with Crippen molar-refractivity contribution in [3.05, 3.63) is 101 Å². The van der Waals surface area contributed by atoms with Crippen LogP contribution >= 0.6 is 0 Å². The summed E-state index contributed by atoms with van der Waals surface area (Å²) < 4.78 is 31.7. The molecule has 4 N–H and O–H groups in total. The first-order chi connectivity index (χ1) is 21.2. The Labute approximate surface area is 261 Å². The number of halogens is 3. The lowest BCUT2D eigenvalue weighted by Crippen LogP contribution is -2.61. The summed E-state index contributed by atoms with van der Waals surface area (Å²) in [5, 5.41) is 29.2. The van der Waals surface area contributed by atoms with Gasteiger partial charge in [0.1, 0.15) is 12.3 Å². The molecule has 45 heavy (non-hydrogen) atoms. The monoisotopic (exact) mass is 628 g/mol. The average molecular weight is 629 g/mol. The molecule has 3 atom stereocenters. The molecule has 8 nitrogen and oxygen atoms in total. The molecule has 0 unspecified atom stereocenters. The number of amides is 1. The van der Waals surface area contributed by atoms with Crippen LogP contribution in [0.5, 0.6) is 5.75 Å². The first kappa shape index (κ1) is 33.5. The number of piperidine rings is 1. The topological polar surface area (TPSA) is 127 Å². The fourth-order valence-corrected chi connectivity index (χ4v) is 6.86. The Morgan fingerprint density at radius 2 is 1.58 bits per heavy atom. The van der Waals surface area contributed by atoms with Crippen LogP contribution in [0.4, 0.5) is 13.2 Å². The number of carbonyl (C=O) groups is 3. The summed E-state index contributed by atoms with van der Waals surface area (Å²) in [5.74, 6) is -4.09. The van der Waals surface area contributed by atoms with E-state index in [2.05, 4.69) is 47.5 Å². The molecule has 1 aliphatic carbocycles. The molecule has 1 heterocycles. The first-order valence-corrected chi connectivity index (χ1v) is 14.6. The molecule has 3 aromatic carbocycles. The molecule has 1 amide bonds. The fraction of sp³-hybridized carbons (Fsp3) is 0.382. The molecule has 2 aliphatic rings. The van der Waals surface area contributed by atoms with E-state index in [-0.39, 0.29) is 30.6 Å². The number of phenolic OH excluding ortho intramolecular Hbond substituents is 1. The lowest BCUT2D eigenvalue weighted by atomic mass is 9.50. The second-order valence-corrected chi connectivity index (χ2v) is 12.1. The molecule has 0 aromatic heterocycles. The number of nitrogens with one attached hydrogen (secondary N) is 1. The van der Waals surface area contributed by atoms with E-state index < -0.39 is 18.1 Å². The third-order valence-corrected chi connectivity index (χ3v) is 9.00. The Kier molecular flexibility index (Phi) is 10.2. The van der Waals surface area contributed by atoms with Crippen LogP contribution in [0.3, 0.4) is 0 Å². The third kappa shape index (κ3) is 8.02. The van der Waals surface area contributed by atoms with Crippen LogP contribution in [0.1, 0.15) is 37.0 Å². The predicted molar refractivity (Wildman–Crippen MR) is 163 cm³/mol. The standard InChI is InChI=1S/C32H36N2O4.C2HF3O2.H2/c1-31-18-24-10-5-6-11-25(24)19-32(31,27-12-7-13-28(35)17-27)14-15-34(22-31)21-26(30(38)33-20-29(36)37)16-23-8-3-2-4-9-23;3-2(4,5)1(6)7;/h2-13,17,26,35H,14-16,18-22H2,1H3,(H,33,38)(H,36,37);(H,6,7);1H/t26-,31-,32-;;/m0../s1. The van der Waals surface area contributed by atoms with Crippen molar-refractivity contribution in [2.24, 2.45) is 11.3 Å². The SMILES string of the molecule is C[C@@]12Cc3ccccc3C[C@]1(c1cccc(O)c1)CCN(C[C@H](Cc1ccccc1)C(=O)NCC(=O)O)C2.O=C(O)C(F)(F)F.[HH]. The predicted octanol–water partition coefficient (Wildman–Crippen LogP) is 5.08. The van der Waals surface area contributed by atoms with Crippen molar-refractivity contribution in [1.29, 1.82) is 0 Å². The van der Waals surface area contributed by atoms with E-state index >= 15 is 0 Å². The first-order valence-electron chi connectivity index (χ1n) is 14.6. The van der Waals surface area contributed by atoms with Crippen molar-refractivity contribution in [2.75, 3.05) is 26.2 Å². The Balaban J connectivity index is 0.000000648. The molecule has 0 radical (unpaired) electrons. The van der Waals surface area contributed by atoms with E-state index in [0.29, 0.717) is 18.7 Å². The summed E-state index contributed by atoms with van der Waals surface area (Å²) in [6, 6.07) is 26.3. The minimum absolute atomic E-state index is 0. The van der Waals surface area contributed by atoms with Crippen molar-refractivity contribution in [2.45, 2.75) is 44.2 Å². The van der Waals surface area contributed by atoms with E-state index in [1.54, 1.807) is 6.07 Å². The van der Waals surface area contributed by atoms with Gasteiger partial charge in [-0.05, 0) is 72.0 Å². The van der Waals surface area contributed by atoms with Gasteiger partial charge in [0.25, 0.3) is 0 Å². The van der Waals surface area contributed by atoms with Crippen LogP contribution < -0.4 is 5.32 Å². The van der Waals surface area contributed by atoms with Crippen molar-refractivity contribution in [3.8, 4) is 5.75 Å². The molecule has 242 valence electrons. The number of fused-ring (bicyclic) bond motifs is 2. The average Bonchev–Trinajstić information content (AvgIpc) is 2.98. The van der Waals surface area contributed by atoms with Crippen LogP contribution in [0.25, 0.3) is 0 Å². The van der Waals surface area contributed by atoms with Crippen LogP contribution in [-0.2, 0) is 39.1 Å². The number of likely N-dealkylation sites (tertiary alicyclic amines) is 1. The van der Waals surface area contributed by atoms with Gasteiger partial charge in [-0.25, -0.2) is 4.79 Å². The maximum Gasteiger partial charge on any atom is 0.490 e. The summed E-state index contributed by atoms with van der Waals surface area (Å²) in [7, 11) is 0. The quantitative estimate of drug-likeness (QED) is 0.274. The molecule has 3 aromatic rings. The van der Waals surface area contributed by atoms with Crippen molar-refractivity contribution >= 4 is 17.8 Å². The van der Waals surface area contributed by atoms with Crippen molar-refractivity contribution in [3.63, 3.8) is 0 Å². The van der Waals surface area contributed by atoms with Crippen molar-refractivity contribution in [1.82, 2.24) is 10.2 Å². The van der Waals surface area contributed by atoms with Gasteiger partial charge in [-0.3, -0.25) is 9.59 Å². The Morgan fingerprint density at radius 1 is 0.956 bits per heavy atom. The summed E-state index contributed by atoms with van der Waals surface area (Å²) in [4.78, 5) is 35.6. The highest BCUT2D eigenvalue weighted by Crippen LogP contribution is 2.55. The van der Waals surface area contributed by atoms with E-state index in [1.807, 2.05) is 42.5 Å².